The monoisotopic (exact) mass is 519 g/mol. The van der Waals surface area contributed by atoms with Crippen molar-refractivity contribution in [3.63, 3.8) is 0 Å². The molecule has 2 aromatic rings. The number of likely N-dealkylation sites (tertiary alicyclic amines) is 1. The number of amides is 1. The van der Waals surface area contributed by atoms with Gasteiger partial charge in [-0.25, -0.2) is 0 Å². The number of fused-ring (bicyclic) bond motifs is 1. The average molecular weight is 521 g/mol. The van der Waals surface area contributed by atoms with Gasteiger partial charge in [-0.1, -0.05) is 55.2 Å². The molecular formula is C28H37Cl2N2O3+. The zero-order chi connectivity index (χ0) is 25.4. The molecule has 35 heavy (non-hydrogen) atoms. The summed E-state index contributed by atoms with van der Waals surface area (Å²) in [6, 6.07) is 12.5. The fourth-order valence-electron chi connectivity index (χ4n) is 6.71. The van der Waals surface area contributed by atoms with Gasteiger partial charge in [-0.3, -0.25) is 4.79 Å². The number of aliphatic hydroxyl groups is 1. The molecule has 1 unspecified atom stereocenters. The SMILES string of the molecule is CC(C)C[N@+]1(C)CC[C@]2(c3cccc(O)c3)C[C@@H](NC(=O)Cc3ccc(Cl)c(Cl)c3)CCC2(O)C1. The van der Waals surface area contributed by atoms with E-state index < -0.39 is 11.0 Å². The summed E-state index contributed by atoms with van der Waals surface area (Å²) in [5.41, 5.74) is 0.332. The van der Waals surface area contributed by atoms with Crippen molar-refractivity contribution in [2.24, 2.45) is 5.92 Å². The number of carbonyl (C=O) groups excluding carboxylic acids is 1. The molecule has 4 rings (SSSR count). The fraction of sp³-hybridized carbons (Fsp3) is 0.536. The molecule has 0 radical (unpaired) electrons. The Kier molecular flexibility index (Phi) is 7.46. The predicted molar refractivity (Wildman–Crippen MR) is 141 cm³/mol. The van der Waals surface area contributed by atoms with E-state index >= 15 is 0 Å². The molecule has 2 fully saturated rings. The molecule has 2 aliphatic rings. The number of aromatic hydroxyl groups is 1. The van der Waals surface area contributed by atoms with Gasteiger partial charge in [0.2, 0.25) is 5.91 Å². The molecule has 3 N–H and O–H groups in total. The number of hydrogen-bond donors (Lipinski definition) is 3. The normalized spacial score (nSPS) is 30.7. The van der Waals surface area contributed by atoms with Crippen molar-refractivity contribution in [1.82, 2.24) is 5.32 Å². The van der Waals surface area contributed by atoms with Gasteiger partial charge in [-0.05, 0) is 54.7 Å². The first-order chi connectivity index (χ1) is 16.4. The zero-order valence-electron chi connectivity index (χ0n) is 20.9. The molecule has 1 heterocycles. The second kappa shape index (κ2) is 9.93. The van der Waals surface area contributed by atoms with Crippen LogP contribution in [0.1, 0.15) is 50.7 Å². The number of hydrogen-bond acceptors (Lipinski definition) is 3. The van der Waals surface area contributed by atoms with E-state index in [1.165, 1.54) is 0 Å². The highest BCUT2D eigenvalue weighted by Gasteiger charge is 2.61. The Hall–Kier alpha value is -1.79. The molecule has 1 saturated carbocycles. The van der Waals surface area contributed by atoms with E-state index in [1.54, 1.807) is 24.3 Å². The third-order valence-electron chi connectivity index (χ3n) is 8.03. The van der Waals surface area contributed by atoms with Crippen LogP contribution in [0.15, 0.2) is 42.5 Å². The lowest BCUT2D eigenvalue weighted by atomic mass is 9.55. The minimum absolute atomic E-state index is 0.0603. The van der Waals surface area contributed by atoms with Crippen LogP contribution in [0.2, 0.25) is 10.0 Å². The van der Waals surface area contributed by atoms with Crippen molar-refractivity contribution in [2.45, 2.75) is 63.0 Å². The first-order valence-corrected chi connectivity index (χ1v) is 13.3. The van der Waals surface area contributed by atoms with E-state index in [-0.39, 0.29) is 24.1 Å². The fourth-order valence-corrected chi connectivity index (χ4v) is 7.03. The van der Waals surface area contributed by atoms with Crippen LogP contribution < -0.4 is 5.32 Å². The van der Waals surface area contributed by atoms with Crippen LogP contribution in [0.3, 0.4) is 0 Å². The number of nitrogens with one attached hydrogen (secondary N) is 1. The topological polar surface area (TPSA) is 69.6 Å². The summed E-state index contributed by atoms with van der Waals surface area (Å²) in [6.45, 7) is 7.09. The number of likely N-dealkylation sites (N-methyl/N-ethyl adjacent to an activating group) is 1. The Bertz CT molecular complexity index is 1090. The second-order valence-corrected chi connectivity index (χ2v) is 12.2. The van der Waals surface area contributed by atoms with Crippen LogP contribution in [-0.2, 0) is 16.6 Å². The van der Waals surface area contributed by atoms with E-state index in [1.807, 2.05) is 18.2 Å². The molecule has 190 valence electrons. The summed E-state index contributed by atoms with van der Waals surface area (Å²) < 4.78 is 0.836. The minimum atomic E-state index is -0.909. The lowest BCUT2D eigenvalue weighted by molar-refractivity contribution is -0.926. The molecule has 0 aromatic heterocycles. The van der Waals surface area contributed by atoms with Crippen LogP contribution in [0.5, 0.6) is 5.75 Å². The van der Waals surface area contributed by atoms with E-state index in [0.29, 0.717) is 41.8 Å². The second-order valence-electron chi connectivity index (χ2n) is 11.4. The van der Waals surface area contributed by atoms with Crippen molar-refractivity contribution in [3.05, 3.63) is 63.6 Å². The van der Waals surface area contributed by atoms with E-state index in [4.69, 9.17) is 23.2 Å². The van der Waals surface area contributed by atoms with E-state index in [2.05, 4.69) is 26.2 Å². The number of quaternary nitrogens is 1. The maximum Gasteiger partial charge on any atom is 0.224 e. The Morgan fingerprint density at radius 3 is 2.63 bits per heavy atom. The molecule has 4 atom stereocenters. The van der Waals surface area contributed by atoms with Gasteiger partial charge in [-0.15, -0.1) is 0 Å². The summed E-state index contributed by atoms with van der Waals surface area (Å²) in [6.07, 6.45) is 2.98. The van der Waals surface area contributed by atoms with Crippen molar-refractivity contribution in [2.75, 3.05) is 26.7 Å². The summed E-state index contributed by atoms with van der Waals surface area (Å²) >= 11 is 12.1. The van der Waals surface area contributed by atoms with Gasteiger partial charge in [0.05, 0.1) is 36.6 Å². The number of piperidine rings is 1. The lowest BCUT2D eigenvalue weighted by Gasteiger charge is -2.59. The highest BCUT2D eigenvalue weighted by molar-refractivity contribution is 6.42. The minimum Gasteiger partial charge on any atom is -0.508 e. The first kappa shape index (κ1) is 26.3. The summed E-state index contributed by atoms with van der Waals surface area (Å²) in [7, 11) is 2.25. The standard InChI is InChI=1S/C28H36Cl2N2O3/c1-19(2)17-32(3)12-11-27(21-5-4-6-23(33)15-21)16-22(9-10-28(27,35)18-32)31-26(34)14-20-7-8-24(29)25(30)13-20/h4-8,13,15,19,22,35H,9-12,14,16-18H2,1-3H3,(H-,31,33,34)/p+1/t22-,27+,28?,32-/m0/s1. The third kappa shape index (κ3) is 5.48. The van der Waals surface area contributed by atoms with Crippen LogP contribution >= 0.6 is 23.2 Å². The third-order valence-corrected chi connectivity index (χ3v) is 8.77. The molecular weight excluding hydrogens is 483 g/mol. The van der Waals surface area contributed by atoms with Crippen molar-refractivity contribution in [1.29, 1.82) is 0 Å². The molecule has 2 aromatic carbocycles. The molecule has 5 nitrogen and oxygen atoms in total. The molecule has 7 heteroatoms. The van der Waals surface area contributed by atoms with Gasteiger partial charge in [0.1, 0.15) is 17.9 Å². The number of halogens is 2. The maximum atomic E-state index is 12.9. The van der Waals surface area contributed by atoms with Crippen LogP contribution in [0.4, 0.5) is 0 Å². The number of phenols is 1. The van der Waals surface area contributed by atoms with Gasteiger partial charge in [-0.2, -0.15) is 0 Å². The van der Waals surface area contributed by atoms with Gasteiger partial charge in [0.25, 0.3) is 0 Å². The Labute approximate surface area is 218 Å². The predicted octanol–water partition coefficient (Wildman–Crippen LogP) is 5.09. The Morgan fingerprint density at radius 2 is 1.94 bits per heavy atom. The van der Waals surface area contributed by atoms with Gasteiger partial charge < -0.3 is 20.0 Å². The molecule has 0 bridgehead atoms. The molecule has 1 aliphatic carbocycles. The number of benzene rings is 2. The number of rotatable bonds is 6. The van der Waals surface area contributed by atoms with Crippen molar-refractivity contribution in [3.8, 4) is 5.75 Å². The number of phenolic OH excluding ortho intramolecular Hbond substituents is 1. The quantitative estimate of drug-likeness (QED) is 0.465. The number of nitrogens with zero attached hydrogens (tertiary/aromatic N) is 1. The van der Waals surface area contributed by atoms with Crippen molar-refractivity contribution >= 4 is 29.1 Å². The largest absolute Gasteiger partial charge is 0.508 e. The lowest BCUT2D eigenvalue weighted by Crippen LogP contribution is -2.71. The average Bonchev–Trinajstić information content (AvgIpc) is 2.76. The highest BCUT2D eigenvalue weighted by atomic mass is 35.5. The molecule has 1 aliphatic heterocycles. The van der Waals surface area contributed by atoms with Crippen LogP contribution in [-0.4, -0.2) is 58.9 Å². The van der Waals surface area contributed by atoms with Crippen LogP contribution in [0.25, 0.3) is 0 Å². The smallest absolute Gasteiger partial charge is 0.224 e. The van der Waals surface area contributed by atoms with Gasteiger partial charge >= 0.3 is 0 Å². The molecule has 0 spiro atoms. The molecule has 1 amide bonds. The number of carbonyl (C=O) groups is 1. The Balaban J connectivity index is 1.58. The van der Waals surface area contributed by atoms with E-state index in [9.17, 15) is 15.0 Å². The molecule has 1 saturated heterocycles. The van der Waals surface area contributed by atoms with Gasteiger partial charge in [0.15, 0.2) is 0 Å². The van der Waals surface area contributed by atoms with Gasteiger partial charge in [0, 0.05) is 23.8 Å². The summed E-state index contributed by atoms with van der Waals surface area (Å²) in [4.78, 5) is 12.9. The zero-order valence-corrected chi connectivity index (χ0v) is 22.4. The first-order valence-electron chi connectivity index (χ1n) is 12.5. The highest BCUT2D eigenvalue weighted by Crippen LogP contribution is 2.53. The Morgan fingerprint density at radius 1 is 1.17 bits per heavy atom. The van der Waals surface area contributed by atoms with E-state index in [0.717, 1.165) is 35.1 Å². The summed E-state index contributed by atoms with van der Waals surface area (Å²) in [5.74, 6) is 0.671. The summed E-state index contributed by atoms with van der Waals surface area (Å²) in [5, 5.41) is 26.6. The van der Waals surface area contributed by atoms with Crippen molar-refractivity contribution < 1.29 is 19.5 Å². The van der Waals surface area contributed by atoms with Crippen LogP contribution in [0, 0.1) is 5.92 Å². The maximum absolute atomic E-state index is 12.9.